The van der Waals surface area contributed by atoms with Crippen LogP contribution in [0.15, 0.2) is 66.9 Å². The van der Waals surface area contributed by atoms with Gasteiger partial charge < -0.3 is 10.6 Å². The summed E-state index contributed by atoms with van der Waals surface area (Å²) in [6, 6.07) is 19.1. The van der Waals surface area contributed by atoms with E-state index >= 15 is 0 Å². The van der Waals surface area contributed by atoms with Crippen molar-refractivity contribution in [1.29, 1.82) is 5.26 Å². The predicted molar refractivity (Wildman–Crippen MR) is 103 cm³/mol. The molecule has 0 radical (unpaired) electrons. The highest BCUT2D eigenvalue weighted by Gasteiger charge is 2.10. The second-order valence-corrected chi connectivity index (χ2v) is 5.80. The quantitative estimate of drug-likeness (QED) is 0.670. The number of Topliss-reactive ketones (excluding diaryl/α,β-unsaturated/α-hetero) is 1. The lowest BCUT2D eigenvalue weighted by Gasteiger charge is -2.10. The van der Waals surface area contributed by atoms with Crippen LogP contribution in [0.4, 0.5) is 17.2 Å². The number of hydrogen-bond donors (Lipinski definition) is 2. The van der Waals surface area contributed by atoms with Crippen LogP contribution in [0.2, 0.25) is 0 Å². The van der Waals surface area contributed by atoms with Crippen molar-refractivity contribution in [1.82, 2.24) is 4.98 Å². The summed E-state index contributed by atoms with van der Waals surface area (Å²) >= 11 is 0. The SMILES string of the molecule is CC(=O)c1cccc(NC(=O)c2ccnc(Nc3ccccc3C#N)c2)c1. The Balaban J connectivity index is 1.79. The van der Waals surface area contributed by atoms with Gasteiger partial charge in [0.05, 0.1) is 11.3 Å². The van der Waals surface area contributed by atoms with Gasteiger partial charge in [-0.25, -0.2) is 4.98 Å². The summed E-state index contributed by atoms with van der Waals surface area (Å²) < 4.78 is 0. The molecule has 3 aromatic rings. The molecule has 0 aliphatic heterocycles. The van der Waals surface area contributed by atoms with Gasteiger partial charge in [0.15, 0.2) is 5.78 Å². The fraction of sp³-hybridized carbons (Fsp3) is 0.0476. The number of aromatic nitrogens is 1. The number of para-hydroxylation sites is 1. The van der Waals surface area contributed by atoms with E-state index in [9.17, 15) is 9.59 Å². The summed E-state index contributed by atoms with van der Waals surface area (Å²) in [6.45, 7) is 1.47. The van der Waals surface area contributed by atoms with Crippen molar-refractivity contribution in [2.75, 3.05) is 10.6 Å². The van der Waals surface area contributed by atoms with E-state index < -0.39 is 0 Å². The monoisotopic (exact) mass is 356 g/mol. The van der Waals surface area contributed by atoms with E-state index in [1.807, 2.05) is 6.07 Å². The van der Waals surface area contributed by atoms with Gasteiger partial charge in [0.1, 0.15) is 11.9 Å². The summed E-state index contributed by atoms with van der Waals surface area (Å²) in [5, 5.41) is 15.0. The normalized spacial score (nSPS) is 9.93. The molecule has 6 heteroatoms. The van der Waals surface area contributed by atoms with Crippen LogP contribution in [0.1, 0.15) is 33.2 Å². The molecule has 0 bridgehead atoms. The minimum Gasteiger partial charge on any atom is -0.339 e. The number of amides is 1. The topological polar surface area (TPSA) is 94.9 Å². The second-order valence-electron chi connectivity index (χ2n) is 5.80. The lowest BCUT2D eigenvalue weighted by molar-refractivity contribution is 0.101. The van der Waals surface area contributed by atoms with E-state index in [2.05, 4.69) is 21.7 Å². The lowest BCUT2D eigenvalue weighted by Crippen LogP contribution is -2.13. The molecule has 0 saturated carbocycles. The molecule has 0 fully saturated rings. The van der Waals surface area contributed by atoms with Crippen LogP contribution in [-0.4, -0.2) is 16.7 Å². The van der Waals surface area contributed by atoms with Crippen LogP contribution in [0, 0.1) is 11.3 Å². The summed E-state index contributed by atoms with van der Waals surface area (Å²) in [7, 11) is 0. The molecule has 1 heterocycles. The minimum absolute atomic E-state index is 0.0716. The number of ketones is 1. The molecule has 132 valence electrons. The van der Waals surface area contributed by atoms with Crippen LogP contribution in [0.5, 0.6) is 0 Å². The van der Waals surface area contributed by atoms with Gasteiger partial charge in [-0.05, 0) is 43.3 Å². The molecule has 27 heavy (non-hydrogen) atoms. The largest absolute Gasteiger partial charge is 0.339 e. The smallest absolute Gasteiger partial charge is 0.255 e. The number of nitriles is 1. The highest BCUT2D eigenvalue weighted by molar-refractivity contribution is 6.05. The Hall–Kier alpha value is -3.98. The number of pyridine rings is 1. The zero-order chi connectivity index (χ0) is 19.2. The first-order chi connectivity index (χ1) is 13.1. The number of nitrogens with one attached hydrogen (secondary N) is 2. The highest BCUT2D eigenvalue weighted by atomic mass is 16.1. The molecule has 1 amide bonds. The van der Waals surface area contributed by atoms with Gasteiger partial charge >= 0.3 is 0 Å². The van der Waals surface area contributed by atoms with Crippen LogP contribution in [0.25, 0.3) is 0 Å². The van der Waals surface area contributed by atoms with E-state index in [-0.39, 0.29) is 11.7 Å². The van der Waals surface area contributed by atoms with Crippen molar-refractivity contribution in [3.8, 4) is 6.07 Å². The average molecular weight is 356 g/mol. The van der Waals surface area contributed by atoms with Crippen molar-refractivity contribution >= 4 is 28.9 Å². The van der Waals surface area contributed by atoms with E-state index in [4.69, 9.17) is 5.26 Å². The summed E-state index contributed by atoms with van der Waals surface area (Å²) in [6.07, 6.45) is 1.51. The molecule has 0 saturated heterocycles. The molecule has 0 spiro atoms. The molecular formula is C21H16N4O2. The van der Waals surface area contributed by atoms with E-state index in [1.165, 1.54) is 13.1 Å². The van der Waals surface area contributed by atoms with E-state index in [0.717, 1.165) is 0 Å². The van der Waals surface area contributed by atoms with E-state index in [1.54, 1.807) is 54.6 Å². The van der Waals surface area contributed by atoms with Crippen molar-refractivity contribution in [3.05, 3.63) is 83.6 Å². The zero-order valence-corrected chi connectivity index (χ0v) is 14.6. The second kappa shape index (κ2) is 7.93. The standard InChI is InChI=1S/C21H16N4O2/c1-14(26)15-6-4-7-18(11-15)24-21(27)16-9-10-23-20(12-16)25-19-8-3-2-5-17(19)13-22/h2-12H,1H3,(H,23,25)(H,24,27). The number of nitrogens with zero attached hydrogens (tertiary/aromatic N) is 2. The number of hydrogen-bond acceptors (Lipinski definition) is 5. The molecule has 0 aliphatic carbocycles. The zero-order valence-electron chi connectivity index (χ0n) is 14.6. The lowest BCUT2D eigenvalue weighted by atomic mass is 10.1. The third-order valence-corrected chi connectivity index (χ3v) is 3.86. The van der Waals surface area contributed by atoms with Crippen LogP contribution in [0.3, 0.4) is 0 Å². The fourth-order valence-corrected chi connectivity index (χ4v) is 2.49. The molecule has 0 unspecified atom stereocenters. The number of carbonyl (C=O) groups is 2. The van der Waals surface area contributed by atoms with Crippen molar-refractivity contribution in [3.63, 3.8) is 0 Å². The maximum Gasteiger partial charge on any atom is 0.255 e. The Kier molecular flexibility index (Phi) is 5.24. The highest BCUT2D eigenvalue weighted by Crippen LogP contribution is 2.20. The number of anilines is 3. The Labute approximate surface area is 156 Å². The molecular weight excluding hydrogens is 340 g/mol. The molecule has 2 N–H and O–H groups in total. The summed E-state index contributed by atoms with van der Waals surface area (Å²) in [5.74, 6) is 0.0511. The maximum absolute atomic E-state index is 12.5. The minimum atomic E-state index is -0.324. The van der Waals surface area contributed by atoms with Gasteiger partial charge in [-0.1, -0.05) is 24.3 Å². The third-order valence-electron chi connectivity index (χ3n) is 3.86. The molecule has 2 aromatic carbocycles. The Bertz CT molecular complexity index is 1050. The van der Waals surface area contributed by atoms with E-state index in [0.29, 0.717) is 33.9 Å². The summed E-state index contributed by atoms with van der Waals surface area (Å²) in [4.78, 5) is 28.2. The molecule has 0 aliphatic rings. The average Bonchev–Trinajstić information content (AvgIpc) is 2.69. The van der Waals surface area contributed by atoms with Crippen LogP contribution in [-0.2, 0) is 0 Å². The summed E-state index contributed by atoms with van der Waals surface area (Å²) in [5.41, 5.74) is 2.55. The first kappa shape index (κ1) is 17.8. The molecule has 0 atom stereocenters. The van der Waals surface area contributed by atoms with Gasteiger partial charge in [0.25, 0.3) is 5.91 Å². The maximum atomic E-state index is 12.5. The van der Waals surface area contributed by atoms with Crippen molar-refractivity contribution < 1.29 is 9.59 Å². The van der Waals surface area contributed by atoms with Gasteiger partial charge in [-0.2, -0.15) is 5.26 Å². The number of rotatable bonds is 5. The number of carbonyl (C=O) groups excluding carboxylic acids is 2. The fourth-order valence-electron chi connectivity index (χ4n) is 2.49. The van der Waals surface area contributed by atoms with Crippen molar-refractivity contribution in [2.45, 2.75) is 6.92 Å². The third kappa shape index (κ3) is 4.35. The first-order valence-electron chi connectivity index (χ1n) is 8.21. The Morgan fingerprint density at radius 2 is 1.81 bits per heavy atom. The van der Waals surface area contributed by atoms with Gasteiger partial charge in [0.2, 0.25) is 0 Å². The van der Waals surface area contributed by atoms with Gasteiger partial charge in [0, 0.05) is 23.0 Å². The van der Waals surface area contributed by atoms with Crippen LogP contribution < -0.4 is 10.6 Å². The Morgan fingerprint density at radius 3 is 2.59 bits per heavy atom. The predicted octanol–water partition coefficient (Wildman–Crippen LogP) is 4.15. The van der Waals surface area contributed by atoms with Gasteiger partial charge in [-0.15, -0.1) is 0 Å². The van der Waals surface area contributed by atoms with Gasteiger partial charge in [-0.3, -0.25) is 9.59 Å². The molecule has 1 aromatic heterocycles. The number of benzene rings is 2. The first-order valence-corrected chi connectivity index (χ1v) is 8.21. The molecule has 6 nitrogen and oxygen atoms in total. The van der Waals surface area contributed by atoms with Crippen molar-refractivity contribution in [2.24, 2.45) is 0 Å². The van der Waals surface area contributed by atoms with Crippen LogP contribution >= 0.6 is 0 Å². The Morgan fingerprint density at radius 1 is 1.00 bits per heavy atom. The molecule has 3 rings (SSSR count).